The van der Waals surface area contributed by atoms with E-state index in [-0.39, 0.29) is 43.6 Å². The molecule has 204 valence electrons. The topological polar surface area (TPSA) is 244 Å². The van der Waals surface area contributed by atoms with Gasteiger partial charge in [-0.1, -0.05) is 20.3 Å². The Hall–Kier alpha value is -3.42. The van der Waals surface area contributed by atoms with Gasteiger partial charge in [-0.3, -0.25) is 24.2 Å². The van der Waals surface area contributed by atoms with Gasteiger partial charge in [0.15, 0.2) is 5.96 Å². The van der Waals surface area contributed by atoms with Crippen LogP contribution in [0.2, 0.25) is 0 Å². The minimum atomic E-state index is -1.24. The van der Waals surface area contributed by atoms with E-state index in [1.165, 1.54) is 0 Å². The van der Waals surface area contributed by atoms with Crippen molar-refractivity contribution < 1.29 is 29.1 Å². The molecule has 1 aliphatic heterocycles. The second-order valence-corrected chi connectivity index (χ2v) is 8.94. The smallest absolute Gasteiger partial charge is 0.326 e. The highest BCUT2D eigenvalue weighted by molar-refractivity contribution is 5.94. The maximum atomic E-state index is 13.1. The van der Waals surface area contributed by atoms with Crippen LogP contribution in [-0.2, 0) is 24.0 Å². The molecule has 0 saturated carbocycles. The van der Waals surface area contributed by atoms with Crippen molar-refractivity contribution in [1.82, 2.24) is 21.3 Å². The summed E-state index contributed by atoms with van der Waals surface area (Å²) in [5.41, 5.74) is 15.7. The number of carbonyl (C=O) groups is 5. The molecule has 14 heteroatoms. The summed E-state index contributed by atoms with van der Waals surface area (Å²) in [6.45, 7) is 4.44. The minimum Gasteiger partial charge on any atom is -0.480 e. The molecule has 0 aromatic rings. The molecule has 5 unspecified atom stereocenters. The number of aliphatic imine (C=N–C) groups is 1. The molecule has 11 N–H and O–H groups in total. The van der Waals surface area contributed by atoms with Crippen molar-refractivity contribution in [2.45, 2.75) is 83.0 Å². The summed E-state index contributed by atoms with van der Waals surface area (Å²) in [7, 11) is 0. The lowest BCUT2D eigenvalue weighted by Gasteiger charge is -2.28. The third-order valence-corrected chi connectivity index (χ3v) is 6.04. The van der Waals surface area contributed by atoms with Gasteiger partial charge in [-0.2, -0.15) is 0 Å². The predicted octanol–water partition coefficient (Wildman–Crippen LogP) is -2.36. The number of nitrogens with one attached hydrogen (secondary N) is 4. The molecule has 5 atom stereocenters. The van der Waals surface area contributed by atoms with Crippen LogP contribution in [0.15, 0.2) is 4.99 Å². The third kappa shape index (κ3) is 10.9. The molecule has 4 amide bonds. The van der Waals surface area contributed by atoms with Gasteiger partial charge in [0.05, 0.1) is 6.04 Å². The second kappa shape index (κ2) is 15.5. The lowest BCUT2D eigenvalue weighted by molar-refractivity contribution is -0.143. The Morgan fingerprint density at radius 3 is 2.25 bits per heavy atom. The fourth-order valence-corrected chi connectivity index (χ4v) is 3.71. The van der Waals surface area contributed by atoms with Crippen LogP contribution in [0.1, 0.15) is 58.8 Å². The van der Waals surface area contributed by atoms with Gasteiger partial charge in [0.2, 0.25) is 23.6 Å². The quantitative estimate of drug-likeness (QED) is 0.0625. The van der Waals surface area contributed by atoms with Crippen molar-refractivity contribution in [2.24, 2.45) is 28.1 Å². The molecule has 1 aliphatic rings. The van der Waals surface area contributed by atoms with E-state index in [9.17, 15) is 29.1 Å². The van der Waals surface area contributed by atoms with Gasteiger partial charge in [0, 0.05) is 13.0 Å². The van der Waals surface area contributed by atoms with Crippen LogP contribution in [0.4, 0.5) is 0 Å². The van der Waals surface area contributed by atoms with Gasteiger partial charge in [-0.25, -0.2) is 4.79 Å². The Morgan fingerprint density at radius 2 is 1.72 bits per heavy atom. The Labute approximate surface area is 210 Å². The Morgan fingerprint density at radius 1 is 1.03 bits per heavy atom. The summed E-state index contributed by atoms with van der Waals surface area (Å²) in [6.07, 6.45) is 2.14. The number of carboxylic acid groups (broad SMARTS) is 1. The standard InChI is InChI=1S/C22H40N8O6/c1-3-12(2)17(20(34)29-15(21(35)36)7-5-11-27-22(24)25)30-19(33)14(8-9-16(23)31)28-18(32)13-6-4-10-26-13/h12-15,17,26H,3-11H2,1-2H3,(H2,23,31)(H,28,32)(H,29,34)(H,30,33)(H,35,36)(H4,24,25,27). The van der Waals surface area contributed by atoms with Gasteiger partial charge in [0.1, 0.15) is 18.1 Å². The molecule has 1 rings (SSSR count). The molecular formula is C22H40N8O6. The van der Waals surface area contributed by atoms with Gasteiger partial charge >= 0.3 is 5.97 Å². The summed E-state index contributed by atoms with van der Waals surface area (Å²) in [5.74, 6) is -4.07. The number of hydrogen-bond donors (Lipinski definition) is 8. The average molecular weight is 513 g/mol. The van der Waals surface area contributed by atoms with Gasteiger partial charge in [0.25, 0.3) is 0 Å². The van der Waals surface area contributed by atoms with Crippen molar-refractivity contribution in [3.8, 4) is 0 Å². The maximum absolute atomic E-state index is 13.1. The lowest BCUT2D eigenvalue weighted by atomic mass is 9.96. The number of primary amides is 1. The summed E-state index contributed by atoms with van der Waals surface area (Å²) < 4.78 is 0. The van der Waals surface area contributed by atoms with Gasteiger partial charge in [-0.15, -0.1) is 0 Å². The summed E-state index contributed by atoms with van der Waals surface area (Å²) >= 11 is 0. The van der Waals surface area contributed by atoms with Crippen LogP contribution in [0.3, 0.4) is 0 Å². The molecule has 36 heavy (non-hydrogen) atoms. The molecule has 0 spiro atoms. The number of rotatable bonds is 16. The number of nitrogens with zero attached hydrogens (tertiary/aromatic N) is 1. The molecule has 0 aromatic carbocycles. The van der Waals surface area contributed by atoms with Crippen LogP contribution < -0.4 is 38.5 Å². The number of amides is 4. The van der Waals surface area contributed by atoms with E-state index < -0.39 is 47.9 Å². The number of guanidine groups is 1. The molecule has 0 bridgehead atoms. The zero-order valence-electron chi connectivity index (χ0n) is 20.9. The Bertz CT molecular complexity index is 810. The summed E-state index contributed by atoms with van der Waals surface area (Å²) in [5, 5.41) is 20.3. The first-order valence-electron chi connectivity index (χ1n) is 12.2. The molecular weight excluding hydrogens is 472 g/mol. The largest absolute Gasteiger partial charge is 0.480 e. The van der Waals surface area contributed by atoms with Crippen LogP contribution in [-0.4, -0.2) is 77.9 Å². The van der Waals surface area contributed by atoms with Crippen molar-refractivity contribution >= 4 is 35.6 Å². The SMILES string of the molecule is CCC(C)C(NC(=O)C(CCC(N)=O)NC(=O)C1CCCN1)C(=O)NC(CCCN=C(N)N)C(=O)O. The van der Waals surface area contributed by atoms with Crippen LogP contribution in [0.25, 0.3) is 0 Å². The van der Waals surface area contributed by atoms with Crippen LogP contribution in [0.5, 0.6) is 0 Å². The number of carboxylic acids is 1. The molecule has 14 nitrogen and oxygen atoms in total. The second-order valence-electron chi connectivity index (χ2n) is 8.94. The fraction of sp³-hybridized carbons (Fsp3) is 0.727. The molecule has 1 saturated heterocycles. The molecule has 0 radical (unpaired) electrons. The zero-order chi connectivity index (χ0) is 27.3. The zero-order valence-corrected chi connectivity index (χ0v) is 20.9. The van der Waals surface area contributed by atoms with E-state index in [1.807, 2.05) is 6.92 Å². The van der Waals surface area contributed by atoms with Gasteiger partial charge < -0.3 is 43.6 Å². The van der Waals surface area contributed by atoms with Crippen molar-refractivity contribution in [3.05, 3.63) is 0 Å². The number of aliphatic carboxylic acids is 1. The highest BCUT2D eigenvalue weighted by Crippen LogP contribution is 2.12. The first-order chi connectivity index (χ1) is 17.0. The first kappa shape index (κ1) is 30.6. The predicted molar refractivity (Wildman–Crippen MR) is 132 cm³/mol. The molecule has 0 aromatic heterocycles. The molecule has 1 fully saturated rings. The number of hydrogen-bond acceptors (Lipinski definition) is 7. The molecule has 0 aliphatic carbocycles. The minimum absolute atomic E-state index is 0.0446. The number of nitrogens with two attached hydrogens (primary N) is 3. The van der Waals surface area contributed by atoms with Crippen LogP contribution >= 0.6 is 0 Å². The van der Waals surface area contributed by atoms with E-state index >= 15 is 0 Å². The van der Waals surface area contributed by atoms with Crippen molar-refractivity contribution in [2.75, 3.05) is 13.1 Å². The fourth-order valence-electron chi connectivity index (χ4n) is 3.71. The highest BCUT2D eigenvalue weighted by Gasteiger charge is 2.33. The normalized spacial score (nSPS) is 18.2. The highest BCUT2D eigenvalue weighted by atomic mass is 16.4. The lowest BCUT2D eigenvalue weighted by Crippen LogP contribution is -2.58. The first-order valence-corrected chi connectivity index (χ1v) is 12.2. The van der Waals surface area contributed by atoms with E-state index in [0.717, 1.165) is 6.42 Å². The third-order valence-electron chi connectivity index (χ3n) is 6.04. The van der Waals surface area contributed by atoms with E-state index in [0.29, 0.717) is 25.8 Å². The summed E-state index contributed by atoms with van der Waals surface area (Å²) in [4.78, 5) is 65.5. The average Bonchev–Trinajstić information content (AvgIpc) is 3.35. The number of carbonyl (C=O) groups excluding carboxylic acids is 4. The van der Waals surface area contributed by atoms with Crippen LogP contribution in [0, 0.1) is 5.92 Å². The van der Waals surface area contributed by atoms with Crippen molar-refractivity contribution in [3.63, 3.8) is 0 Å². The van der Waals surface area contributed by atoms with E-state index in [1.54, 1.807) is 6.92 Å². The molecule has 1 heterocycles. The van der Waals surface area contributed by atoms with Crippen molar-refractivity contribution in [1.29, 1.82) is 0 Å². The van der Waals surface area contributed by atoms with E-state index in [4.69, 9.17) is 17.2 Å². The van der Waals surface area contributed by atoms with Gasteiger partial charge in [-0.05, 0) is 44.6 Å². The Balaban J connectivity index is 2.93. The summed E-state index contributed by atoms with van der Waals surface area (Å²) in [6, 6.07) is -3.83. The Kier molecular flexibility index (Phi) is 13.2. The van der Waals surface area contributed by atoms with E-state index in [2.05, 4.69) is 26.3 Å². The monoisotopic (exact) mass is 512 g/mol. The maximum Gasteiger partial charge on any atom is 0.326 e.